The Bertz CT molecular complexity index is 511. The summed E-state index contributed by atoms with van der Waals surface area (Å²) >= 11 is 0. The zero-order chi connectivity index (χ0) is 13.1. The van der Waals surface area contributed by atoms with Crippen molar-refractivity contribution in [1.82, 2.24) is 10.6 Å². The molecule has 6 heteroatoms. The normalized spacial score (nSPS) is 18.6. The van der Waals surface area contributed by atoms with E-state index in [2.05, 4.69) is 10.6 Å². The van der Waals surface area contributed by atoms with E-state index in [4.69, 9.17) is 5.11 Å². The highest BCUT2D eigenvalue weighted by molar-refractivity contribution is 5.92. The van der Waals surface area contributed by atoms with Gasteiger partial charge in [0.1, 0.15) is 5.82 Å². The molecule has 0 aromatic heterocycles. The van der Waals surface area contributed by atoms with Crippen LogP contribution in [0.3, 0.4) is 0 Å². The lowest BCUT2D eigenvalue weighted by Crippen LogP contribution is -2.48. The molecular formula is C12H11FN2O3. The van der Waals surface area contributed by atoms with Crippen LogP contribution < -0.4 is 10.6 Å². The summed E-state index contributed by atoms with van der Waals surface area (Å²) in [6, 6.07) is 4.63. The molecule has 2 rings (SSSR count). The largest absolute Gasteiger partial charge is 0.478 e. The third-order valence-electron chi connectivity index (χ3n) is 2.64. The molecule has 2 amide bonds. The monoisotopic (exact) mass is 250 g/mol. The third kappa shape index (κ3) is 2.65. The fraction of sp³-hybridized carbons (Fsp3) is 0.167. The molecule has 1 heterocycles. The van der Waals surface area contributed by atoms with Gasteiger partial charge in [0.2, 0.25) is 0 Å². The standard InChI is InChI=1S/C12H11FN2O3/c13-8-3-1-7(2-4-8)5-10-9(11(16)17)6-14-12(18)15-10/h1-4,6,10H,5H2,(H,16,17)(H2,14,15,18)/t10-/m0/s1. The molecule has 0 fully saturated rings. The summed E-state index contributed by atoms with van der Waals surface area (Å²) in [7, 11) is 0. The maximum Gasteiger partial charge on any atom is 0.335 e. The highest BCUT2D eigenvalue weighted by Gasteiger charge is 2.26. The Morgan fingerprint density at radius 2 is 2.00 bits per heavy atom. The van der Waals surface area contributed by atoms with E-state index in [9.17, 15) is 14.0 Å². The number of hydrogen-bond acceptors (Lipinski definition) is 2. The predicted octanol–water partition coefficient (Wildman–Crippen LogP) is 1.02. The van der Waals surface area contributed by atoms with Crippen LogP contribution >= 0.6 is 0 Å². The van der Waals surface area contributed by atoms with Gasteiger partial charge in [-0.3, -0.25) is 0 Å². The van der Waals surface area contributed by atoms with Gasteiger partial charge in [-0.25, -0.2) is 14.0 Å². The molecule has 1 aliphatic rings. The van der Waals surface area contributed by atoms with E-state index in [0.717, 1.165) is 5.56 Å². The maximum absolute atomic E-state index is 12.7. The van der Waals surface area contributed by atoms with E-state index < -0.39 is 18.0 Å². The minimum Gasteiger partial charge on any atom is -0.478 e. The first-order valence-corrected chi connectivity index (χ1v) is 5.31. The van der Waals surface area contributed by atoms with Crippen molar-refractivity contribution in [3.05, 3.63) is 47.4 Å². The van der Waals surface area contributed by atoms with Crippen molar-refractivity contribution >= 4 is 12.0 Å². The third-order valence-corrected chi connectivity index (χ3v) is 2.64. The van der Waals surface area contributed by atoms with Crippen molar-refractivity contribution in [1.29, 1.82) is 0 Å². The molecule has 1 aliphatic heterocycles. The molecule has 1 aromatic rings. The zero-order valence-electron chi connectivity index (χ0n) is 9.31. The van der Waals surface area contributed by atoms with Crippen molar-refractivity contribution in [2.45, 2.75) is 12.5 Å². The first-order chi connectivity index (χ1) is 8.56. The predicted molar refractivity (Wildman–Crippen MR) is 61.3 cm³/mol. The maximum atomic E-state index is 12.7. The number of urea groups is 1. The Balaban J connectivity index is 2.18. The zero-order valence-corrected chi connectivity index (χ0v) is 9.31. The van der Waals surface area contributed by atoms with Crippen LogP contribution in [0.1, 0.15) is 5.56 Å². The summed E-state index contributed by atoms with van der Waals surface area (Å²) in [5.41, 5.74) is 0.815. The van der Waals surface area contributed by atoms with E-state index >= 15 is 0 Å². The number of amides is 2. The minimum absolute atomic E-state index is 0.0684. The Morgan fingerprint density at radius 3 is 2.61 bits per heavy atom. The number of halogens is 1. The Morgan fingerprint density at radius 1 is 1.33 bits per heavy atom. The van der Waals surface area contributed by atoms with Crippen LogP contribution in [0.15, 0.2) is 36.0 Å². The molecule has 1 aromatic carbocycles. The lowest BCUT2D eigenvalue weighted by atomic mass is 9.98. The fourth-order valence-corrected chi connectivity index (χ4v) is 1.75. The first kappa shape index (κ1) is 12.1. The summed E-state index contributed by atoms with van der Waals surface area (Å²) < 4.78 is 12.7. The van der Waals surface area contributed by atoms with Gasteiger partial charge in [-0.15, -0.1) is 0 Å². The van der Waals surface area contributed by atoms with Gasteiger partial charge in [0.05, 0.1) is 11.6 Å². The second-order valence-corrected chi connectivity index (χ2v) is 3.91. The van der Waals surface area contributed by atoms with Gasteiger partial charge in [0, 0.05) is 6.20 Å². The number of carbonyl (C=O) groups excluding carboxylic acids is 1. The molecule has 1 atom stereocenters. The number of aliphatic carboxylic acids is 1. The highest BCUT2D eigenvalue weighted by Crippen LogP contribution is 2.13. The van der Waals surface area contributed by atoms with Gasteiger partial charge in [0.25, 0.3) is 0 Å². The fourth-order valence-electron chi connectivity index (χ4n) is 1.75. The number of benzene rings is 1. The molecule has 0 unspecified atom stereocenters. The molecule has 0 aliphatic carbocycles. The first-order valence-electron chi connectivity index (χ1n) is 5.31. The van der Waals surface area contributed by atoms with E-state index in [1.165, 1.54) is 18.3 Å². The smallest absolute Gasteiger partial charge is 0.335 e. The SMILES string of the molecule is O=C1NC=C(C(=O)O)[C@H](Cc2ccc(F)cc2)N1. The summed E-state index contributed by atoms with van der Waals surface area (Å²) in [4.78, 5) is 22.2. The van der Waals surface area contributed by atoms with Crippen LogP contribution in [0.5, 0.6) is 0 Å². The Hall–Kier alpha value is -2.37. The lowest BCUT2D eigenvalue weighted by molar-refractivity contribution is -0.133. The number of hydrogen-bond donors (Lipinski definition) is 3. The van der Waals surface area contributed by atoms with Crippen molar-refractivity contribution < 1.29 is 19.1 Å². The van der Waals surface area contributed by atoms with E-state index in [-0.39, 0.29) is 11.4 Å². The van der Waals surface area contributed by atoms with Gasteiger partial charge in [-0.05, 0) is 24.1 Å². The van der Waals surface area contributed by atoms with Gasteiger partial charge >= 0.3 is 12.0 Å². The van der Waals surface area contributed by atoms with Crippen molar-refractivity contribution in [3.63, 3.8) is 0 Å². The number of carboxylic acid groups (broad SMARTS) is 1. The molecule has 0 saturated heterocycles. The van der Waals surface area contributed by atoms with Gasteiger partial charge in [-0.2, -0.15) is 0 Å². The number of carbonyl (C=O) groups is 2. The van der Waals surface area contributed by atoms with Crippen molar-refractivity contribution in [3.8, 4) is 0 Å². The molecule has 0 radical (unpaired) electrons. The molecule has 5 nitrogen and oxygen atoms in total. The summed E-state index contributed by atoms with van der Waals surface area (Å²) in [5, 5.41) is 13.8. The minimum atomic E-state index is -1.10. The second-order valence-electron chi connectivity index (χ2n) is 3.91. The van der Waals surface area contributed by atoms with Gasteiger partial charge in [-0.1, -0.05) is 12.1 Å². The highest BCUT2D eigenvalue weighted by atomic mass is 19.1. The molecule has 0 spiro atoms. The van der Waals surface area contributed by atoms with Gasteiger partial charge in [0.15, 0.2) is 0 Å². The number of rotatable bonds is 3. The summed E-state index contributed by atoms with van der Waals surface area (Å²) in [5.74, 6) is -1.46. The van der Waals surface area contributed by atoms with Crippen LogP contribution in [0.2, 0.25) is 0 Å². The Kier molecular flexibility index (Phi) is 3.27. The van der Waals surface area contributed by atoms with Gasteiger partial charge < -0.3 is 15.7 Å². The molecule has 94 valence electrons. The molecule has 0 saturated carbocycles. The summed E-state index contributed by atoms with van der Waals surface area (Å²) in [6.45, 7) is 0. The number of nitrogens with one attached hydrogen (secondary N) is 2. The second kappa shape index (κ2) is 4.87. The average Bonchev–Trinajstić information content (AvgIpc) is 2.32. The average molecular weight is 250 g/mol. The Labute approximate surface area is 102 Å². The van der Waals surface area contributed by atoms with Crippen LogP contribution in [0, 0.1) is 5.82 Å². The molecule has 3 N–H and O–H groups in total. The van der Waals surface area contributed by atoms with Crippen LogP contribution in [-0.2, 0) is 11.2 Å². The molecule has 18 heavy (non-hydrogen) atoms. The van der Waals surface area contributed by atoms with Crippen molar-refractivity contribution in [2.75, 3.05) is 0 Å². The topological polar surface area (TPSA) is 78.4 Å². The number of carboxylic acids is 1. The van der Waals surface area contributed by atoms with E-state index in [1.807, 2.05) is 0 Å². The lowest BCUT2D eigenvalue weighted by Gasteiger charge is -2.23. The molecule has 0 bridgehead atoms. The van der Waals surface area contributed by atoms with Crippen molar-refractivity contribution in [2.24, 2.45) is 0 Å². The van der Waals surface area contributed by atoms with E-state index in [0.29, 0.717) is 6.42 Å². The van der Waals surface area contributed by atoms with E-state index in [1.54, 1.807) is 12.1 Å². The van der Waals surface area contributed by atoms with Crippen LogP contribution in [0.25, 0.3) is 0 Å². The molecular weight excluding hydrogens is 239 g/mol. The quantitative estimate of drug-likeness (QED) is 0.749. The van der Waals surface area contributed by atoms with Crippen LogP contribution in [0.4, 0.5) is 9.18 Å². The van der Waals surface area contributed by atoms with Crippen LogP contribution in [-0.4, -0.2) is 23.1 Å². The summed E-state index contributed by atoms with van der Waals surface area (Å²) in [6.07, 6.45) is 1.47.